The van der Waals surface area contributed by atoms with Crippen LogP contribution in [0.5, 0.6) is 5.88 Å². The fraction of sp³-hybridized carbons (Fsp3) is 0.467. The van der Waals surface area contributed by atoms with Crippen LogP contribution in [-0.2, 0) is 11.3 Å². The summed E-state index contributed by atoms with van der Waals surface area (Å²) in [4.78, 5) is 31.4. The number of cyclic esters (lactones) is 1. The summed E-state index contributed by atoms with van der Waals surface area (Å²) in [7, 11) is 1.53. The number of pyridine rings is 1. The van der Waals surface area contributed by atoms with Gasteiger partial charge in [-0.3, -0.25) is 9.36 Å². The van der Waals surface area contributed by atoms with Crippen LogP contribution >= 0.6 is 0 Å². The largest absolute Gasteiger partial charge is 0.481 e. The van der Waals surface area contributed by atoms with Crippen molar-refractivity contribution in [1.82, 2.24) is 25.2 Å². The molecule has 1 amide bonds. The molecule has 3 heterocycles. The van der Waals surface area contributed by atoms with Gasteiger partial charge in [0.05, 0.1) is 19.9 Å². The topological polar surface area (TPSA) is 107 Å². The minimum absolute atomic E-state index is 0.0968. The number of rotatable bonds is 7. The lowest BCUT2D eigenvalue weighted by Gasteiger charge is -2.11. The maximum Gasteiger partial charge on any atom is 0.407 e. The van der Waals surface area contributed by atoms with Crippen molar-refractivity contribution in [2.24, 2.45) is 0 Å². The molecule has 1 saturated heterocycles. The lowest BCUT2D eigenvalue weighted by molar-refractivity contribution is 0.135. The van der Waals surface area contributed by atoms with Crippen LogP contribution in [0.2, 0.25) is 0 Å². The number of carbonyl (C=O) groups is 1. The van der Waals surface area contributed by atoms with Crippen LogP contribution in [0.4, 0.5) is 4.79 Å². The molecule has 9 heteroatoms. The van der Waals surface area contributed by atoms with Gasteiger partial charge in [0.2, 0.25) is 5.88 Å². The Kier molecular flexibility index (Phi) is 4.90. The quantitative estimate of drug-likeness (QED) is 0.681. The number of methoxy groups -OCH3 is 1. The Bertz CT molecular complexity index is 791. The predicted molar refractivity (Wildman–Crippen MR) is 86.1 cm³/mol. The predicted octanol–water partition coefficient (Wildman–Crippen LogP) is -0.112. The van der Waals surface area contributed by atoms with Crippen molar-refractivity contribution in [3.63, 3.8) is 0 Å². The van der Waals surface area contributed by atoms with E-state index >= 15 is 0 Å². The van der Waals surface area contributed by atoms with Crippen molar-refractivity contribution in [3.05, 3.63) is 28.7 Å². The summed E-state index contributed by atoms with van der Waals surface area (Å²) in [5.41, 5.74) is 0.927. The zero-order chi connectivity index (χ0) is 16.9. The van der Waals surface area contributed by atoms with Crippen LogP contribution in [0.15, 0.2) is 23.1 Å². The smallest absolute Gasteiger partial charge is 0.407 e. The number of carbonyl (C=O) groups excluding carboxylic acids is 1. The molecule has 3 rings (SSSR count). The first-order valence-electron chi connectivity index (χ1n) is 7.73. The number of alkyl carbamates (subject to hydrolysis) is 1. The average Bonchev–Trinajstić information content (AvgIpc) is 3.01. The highest BCUT2D eigenvalue weighted by molar-refractivity contribution is 5.70. The molecule has 128 valence electrons. The van der Waals surface area contributed by atoms with Gasteiger partial charge in [0.15, 0.2) is 5.65 Å². The first-order chi connectivity index (χ1) is 11.7. The minimum Gasteiger partial charge on any atom is -0.481 e. The Hall–Kier alpha value is -2.68. The van der Waals surface area contributed by atoms with Gasteiger partial charge in [-0.25, -0.2) is 9.78 Å². The molecule has 0 saturated carbocycles. The molecule has 2 aromatic heterocycles. The molecule has 0 spiro atoms. The minimum atomic E-state index is -0.366. The third-order valence-corrected chi connectivity index (χ3v) is 3.78. The van der Waals surface area contributed by atoms with E-state index in [1.54, 1.807) is 16.7 Å². The van der Waals surface area contributed by atoms with Crippen LogP contribution in [0.1, 0.15) is 6.42 Å². The van der Waals surface area contributed by atoms with Gasteiger partial charge >= 0.3 is 6.09 Å². The van der Waals surface area contributed by atoms with Gasteiger partial charge in [-0.15, -0.1) is 0 Å². The Morgan fingerprint density at radius 1 is 1.42 bits per heavy atom. The third-order valence-electron chi connectivity index (χ3n) is 3.78. The van der Waals surface area contributed by atoms with Gasteiger partial charge in [0, 0.05) is 19.2 Å². The Balaban J connectivity index is 1.59. The highest BCUT2D eigenvalue weighted by Gasteiger charge is 2.21. The Morgan fingerprint density at radius 3 is 3.04 bits per heavy atom. The molecule has 0 radical (unpaired) electrons. The molecular formula is C15H19N5O4. The molecule has 2 N–H and O–H groups in total. The van der Waals surface area contributed by atoms with E-state index in [4.69, 9.17) is 9.47 Å². The van der Waals surface area contributed by atoms with E-state index in [0.717, 1.165) is 6.42 Å². The van der Waals surface area contributed by atoms with Crippen molar-refractivity contribution in [2.75, 3.05) is 26.7 Å². The van der Waals surface area contributed by atoms with Gasteiger partial charge in [-0.2, -0.15) is 4.98 Å². The molecule has 0 aromatic carbocycles. The first-order valence-corrected chi connectivity index (χ1v) is 7.73. The van der Waals surface area contributed by atoms with E-state index in [1.807, 2.05) is 0 Å². The average molecular weight is 333 g/mol. The van der Waals surface area contributed by atoms with E-state index in [2.05, 4.69) is 20.6 Å². The molecule has 1 unspecified atom stereocenters. The Labute approximate surface area is 138 Å². The summed E-state index contributed by atoms with van der Waals surface area (Å²) < 4.78 is 11.7. The number of amides is 1. The van der Waals surface area contributed by atoms with E-state index < -0.39 is 0 Å². The van der Waals surface area contributed by atoms with E-state index in [0.29, 0.717) is 43.2 Å². The number of fused-ring (bicyclic) bond motifs is 1. The summed E-state index contributed by atoms with van der Waals surface area (Å²) in [5, 5.41) is 5.85. The van der Waals surface area contributed by atoms with E-state index in [1.165, 1.54) is 13.3 Å². The molecular weight excluding hydrogens is 314 g/mol. The molecule has 2 aromatic rings. The van der Waals surface area contributed by atoms with Crippen LogP contribution < -0.4 is 20.9 Å². The second kappa shape index (κ2) is 7.26. The summed E-state index contributed by atoms with van der Waals surface area (Å²) >= 11 is 0. The number of ether oxygens (including phenoxy) is 2. The Morgan fingerprint density at radius 2 is 2.29 bits per heavy atom. The van der Waals surface area contributed by atoms with Gasteiger partial charge in [-0.05, 0) is 19.0 Å². The summed E-state index contributed by atoms with van der Waals surface area (Å²) in [6.07, 6.45) is 1.55. The number of nitrogens with one attached hydrogen (secondary N) is 2. The summed E-state index contributed by atoms with van der Waals surface area (Å²) in [5.74, 6) is 0.437. The van der Waals surface area contributed by atoms with Gasteiger partial charge in [0.1, 0.15) is 11.6 Å². The highest BCUT2D eigenvalue weighted by Crippen LogP contribution is 2.12. The van der Waals surface area contributed by atoms with Crippen LogP contribution in [0, 0.1) is 0 Å². The highest BCUT2D eigenvalue weighted by atomic mass is 16.6. The van der Waals surface area contributed by atoms with Crippen LogP contribution in [0.3, 0.4) is 0 Å². The number of hydrogen-bond acceptors (Lipinski definition) is 7. The fourth-order valence-electron chi connectivity index (χ4n) is 2.52. The summed E-state index contributed by atoms with van der Waals surface area (Å²) in [6.45, 7) is 2.28. The number of hydrogen-bond donors (Lipinski definition) is 2. The fourth-order valence-corrected chi connectivity index (χ4v) is 2.52. The zero-order valence-electron chi connectivity index (χ0n) is 13.3. The van der Waals surface area contributed by atoms with Crippen molar-refractivity contribution in [3.8, 4) is 5.88 Å². The van der Waals surface area contributed by atoms with E-state index in [9.17, 15) is 9.59 Å². The first kappa shape index (κ1) is 16.2. The molecule has 1 atom stereocenters. The van der Waals surface area contributed by atoms with Crippen molar-refractivity contribution in [2.45, 2.75) is 19.1 Å². The third kappa shape index (κ3) is 3.62. The molecule has 1 aliphatic heterocycles. The molecule has 0 aliphatic carbocycles. The van der Waals surface area contributed by atoms with E-state index in [-0.39, 0.29) is 17.8 Å². The zero-order valence-corrected chi connectivity index (χ0v) is 13.3. The normalized spacial score (nSPS) is 16.9. The maximum atomic E-state index is 12.1. The lowest BCUT2D eigenvalue weighted by Crippen LogP contribution is -2.30. The second-order valence-electron chi connectivity index (χ2n) is 5.39. The lowest BCUT2D eigenvalue weighted by atomic mass is 10.2. The standard InChI is InChI=1S/C15H19N5O4/c1-23-12-3-2-11-14(19-12)20(13(21)9-17-11)7-6-16-5-4-10-8-18-15(22)24-10/h2-3,9-10,16H,4-8H2,1H3,(H,18,22). The summed E-state index contributed by atoms with van der Waals surface area (Å²) in [6, 6.07) is 3.48. The van der Waals surface area contributed by atoms with Crippen LogP contribution in [0.25, 0.3) is 11.2 Å². The van der Waals surface area contributed by atoms with Crippen LogP contribution in [-0.4, -0.2) is 53.5 Å². The monoisotopic (exact) mass is 333 g/mol. The van der Waals surface area contributed by atoms with Crippen molar-refractivity contribution < 1.29 is 14.3 Å². The molecule has 1 fully saturated rings. The number of aromatic nitrogens is 3. The van der Waals surface area contributed by atoms with Gasteiger partial charge in [0.25, 0.3) is 5.56 Å². The molecule has 1 aliphatic rings. The van der Waals surface area contributed by atoms with Gasteiger partial charge < -0.3 is 20.1 Å². The van der Waals surface area contributed by atoms with Crippen molar-refractivity contribution >= 4 is 17.3 Å². The van der Waals surface area contributed by atoms with Gasteiger partial charge in [-0.1, -0.05) is 0 Å². The molecule has 24 heavy (non-hydrogen) atoms. The maximum absolute atomic E-state index is 12.1. The van der Waals surface area contributed by atoms with Crippen molar-refractivity contribution in [1.29, 1.82) is 0 Å². The number of nitrogens with zero attached hydrogens (tertiary/aromatic N) is 3. The second-order valence-corrected chi connectivity index (χ2v) is 5.39. The molecule has 0 bridgehead atoms. The molecule has 9 nitrogen and oxygen atoms in total. The SMILES string of the molecule is COc1ccc2ncc(=O)n(CCNCCC3CNC(=O)O3)c2n1.